The average molecular weight is 455 g/mol. The summed E-state index contributed by atoms with van der Waals surface area (Å²) in [6.07, 6.45) is 21.0. The molecule has 33 heavy (non-hydrogen) atoms. The summed E-state index contributed by atoms with van der Waals surface area (Å²) in [7, 11) is 0. The first-order valence-electron chi connectivity index (χ1n) is 13.6. The van der Waals surface area contributed by atoms with Crippen LogP contribution in [-0.2, 0) is 12.8 Å². The maximum atomic E-state index is 9.60. The van der Waals surface area contributed by atoms with E-state index < -0.39 is 0 Å². The Labute approximate surface area is 204 Å². The lowest BCUT2D eigenvalue weighted by Crippen LogP contribution is -1.87. The normalized spacial score (nSPS) is 10.6. The quantitative estimate of drug-likeness (QED) is 0.248. The van der Waals surface area contributed by atoms with Crippen LogP contribution in [-0.4, -0.2) is 10.2 Å². The van der Waals surface area contributed by atoms with Crippen molar-refractivity contribution >= 4 is 0 Å². The van der Waals surface area contributed by atoms with Gasteiger partial charge in [-0.25, -0.2) is 0 Å². The Kier molecular flexibility index (Phi) is 17.2. The number of aromatic hydroxyl groups is 2. The Morgan fingerprint density at radius 2 is 1.03 bits per heavy atom. The SMILES string of the molecule is CCCCCCCCCc1ccc(C)c(O)c1.CCCCCCCCCc1cccc(O)c1. The van der Waals surface area contributed by atoms with E-state index in [-0.39, 0.29) is 0 Å². The van der Waals surface area contributed by atoms with Crippen LogP contribution in [0.4, 0.5) is 0 Å². The monoisotopic (exact) mass is 454 g/mol. The number of hydrogen-bond donors (Lipinski definition) is 2. The number of unbranched alkanes of at least 4 members (excludes halogenated alkanes) is 12. The van der Waals surface area contributed by atoms with Crippen molar-refractivity contribution in [3.63, 3.8) is 0 Å². The Hall–Kier alpha value is -1.96. The lowest BCUT2D eigenvalue weighted by atomic mass is 10.0. The second-order valence-corrected chi connectivity index (χ2v) is 9.53. The molecule has 0 saturated carbocycles. The molecule has 0 aromatic heterocycles. The second-order valence-electron chi connectivity index (χ2n) is 9.53. The molecule has 2 rings (SSSR count). The summed E-state index contributed by atoms with van der Waals surface area (Å²) in [4.78, 5) is 0. The fourth-order valence-corrected chi connectivity index (χ4v) is 4.09. The van der Waals surface area contributed by atoms with Gasteiger partial charge >= 0.3 is 0 Å². The molecule has 0 radical (unpaired) electrons. The molecule has 2 heteroatoms. The van der Waals surface area contributed by atoms with Crippen molar-refractivity contribution in [3.05, 3.63) is 59.2 Å². The van der Waals surface area contributed by atoms with Crippen molar-refractivity contribution in [1.29, 1.82) is 0 Å². The summed E-state index contributed by atoms with van der Waals surface area (Å²) in [5.41, 5.74) is 3.49. The lowest BCUT2D eigenvalue weighted by molar-refractivity contribution is 0.470. The number of hydrogen-bond acceptors (Lipinski definition) is 2. The topological polar surface area (TPSA) is 40.5 Å². The fraction of sp³-hybridized carbons (Fsp3) is 0.613. The minimum Gasteiger partial charge on any atom is -0.508 e. The van der Waals surface area contributed by atoms with E-state index in [0.717, 1.165) is 18.4 Å². The molecule has 0 aliphatic carbocycles. The predicted molar refractivity (Wildman–Crippen MR) is 144 cm³/mol. The molecule has 2 aromatic carbocycles. The maximum Gasteiger partial charge on any atom is 0.118 e. The molecule has 0 saturated heterocycles. The van der Waals surface area contributed by atoms with Crippen LogP contribution >= 0.6 is 0 Å². The van der Waals surface area contributed by atoms with Gasteiger partial charge < -0.3 is 10.2 Å². The van der Waals surface area contributed by atoms with E-state index in [9.17, 15) is 10.2 Å². The van der Waals surface area contributed by atoms with Crippen molar-refractivity contribution in [3.8, 4) is 11.5 Å². The molecule has 0 fully saturated rings. The molecule has 2 nitrogen and oxygen atoms in total. The van der Waals surface area contributed by atoms with Crippen LogP contribution in [0.5, 0.6) is 11.5 Å². The van der Waals surface area contributed by atoms with E-state index in [1.807, 2.05) is 31.2 Å². The maximum absolute atomic E-state index is 9.60. The van der Waals surface area contributed by atoms with Crippen molar-refractivity contribution in [2.24, 2.45) is 0 Å². The summed E-state index contributed by atoms with van der Waals surface area (Å²) in [5, 5.41) is 18.9. The zero-order chi connectivity index (χ0) is 24.2. The number of phenols is 2. The number of benzene rings is 2. The number of aryl methyl sites for hydroxylation is 3. The minimum absolute atomic E-state index is 0.389. The van der Waals surface area contributed by atoms with E-state index in [2.05, 4.69) is 26.0 Å². The van der Waals surface area contributed by atoms with Crippen LogP contribution in [0.25, 0.3) is 0 Å². The van der Waals surface area contributed by atoms with Gasteiger partial charge in [-0.1, -0.05) is 115 Å². The van der Waals surface area contributed by atoms with Gasteiger partial charge in [-0.2, -0.15) is 0 Å². The van der Waals surface area contributed by atoms with E-state index in [1.54, 1.807) is 6.07 Å². The van der Waals surface area contributed by atoms with Gasteiger partial charge in [-0.15, -0.1) is 0 Å². The molecule has 0 heterocycles. The lowest BCUT2D eigenvalue weighted by Gasteiger charge is -2.04. The first-order valence-corrected chi connectivity index (χ1v) is 13.6. The zero-order valence-electron chi connectivity index (χ0n) is 21.7. The smallest absolute Gasteiger partial charge is 0.118 e. The molecule has 2 aromatic rings. The molecule has 0 unspecified atom stereocenters. The second kappa shape index (κ2) is 19.5. The zero-order valence-corrected chi connectivity index (χ0v) is 21.7. The van der Waals surface area contributed by atoms with Gasteiger partial charge in [-0.05, 0) is 67.5 Å². The fourth-order valence-electron chi connectivity index (χ4n) is 4.09. The average Bonchev–Trinajstić information content (AvgIpc) is 2.81. The van der Waals surface area contributed by atoms with Crippen LogP contribution in [0, 0.1) is 6.92 Å². The molecule has 0 atom stereocenters. The van der Waals surface area contributed by atoms with E-state index in [0.29, 0.717) is 11.5 Å². The third-order valence-electron chi connectivity index (χ3n) is 6.32. The van der Waals surface area contributed by atoms with Crippen molar-refractivity contribution in [2.75, 3.05) is 0 Å². The molecule has 0 aliphatic rings. The van der Waals surface area contributed by atoms with Crippen molar-refractivity contribution < 1.29 is 10.2 Å². The van der Waals surface area contributed by atoms with Crippen LogP contribution < -0.4 is 0 Å². The Bertz CT molecular complexity index is 723. The Morgan fingerprint density at radius 1 is 0.545 bits per heavy atom. The minimum atomic E-state index is 0.389. The number of rotatable bonds is 16. The highest BCUT2D eigenvalue weighted by atomic mass is 16.3. The molecular formula is C31H50O2. The highest BCUT2D eigenvalue weighted by Crippen LogP contribution is 2.19. The van der Waals surface area contributed by atoms with E-state index >= 15 is 0 Å². The van der Waals surface area contributed by atoms with Crippen LogP contribution in [0.2, 0.25) is 0 Å². The summed E-state index contributed by atoms with van der Waals surface area (Å²) in [6, 6.07) is 13.7. The van der Waals surface area contributed by atoms with Gasteiger partial charge in [0.25, 0.3) is 0 Å². The standard InChI is InChI=1S/C16H26O.C15H24O/c1-3-4-5-6-7-8-9-10-15-12-11-14(2)16(17)13-15;1-2-3-4-5-6-7-8-10-14-11-9-12-15(16)13-14/h11-13,17H,3-10H2,1-2H3;9,11-13,16H,2-8,10H2,1H3. The highest BCUT2D eigenvalue weighted by Gasteiger charge is 1.99. The third-order valence-corrected chi connectivity index (χ3v) is 6.32. The number of phenolic OH excluding ortho intramolecular Hbond substituents is 2. The molecule has 0 bridgehead atoms. The molecule has 0 amide bonds. The molecule has 0 aliphatic heterocycles. The molecule has 2 N–H and O–H groups in total. The summed E-state index contributed by atoms with van der Waals surface area (Å²) >= 11 is 0. The predicted octanol–water partition coefficient (Wildman–Crippen LogP) is 9.68. The van der Waals surface area contributed by atoms with E-state index in [4.69, 9.17) is 0 Å². The third kappa shape index (κ3) is 15.5. The van der Waals surface area contributed by atoms with Crippen molar-refractivity contribution in [2.45, 2.75) is 124 Å². The summed E-state index contributed by atoms with van der Waals surface area (Å²) in [6.45, 7) is 6.44. The Balaban J connectivity index is 0.000000331. The Morgan fingerprint density at radius 3 is 1.52 bits per heavy atom. The van der Waals surface area contributed by atoms with Crippen LogP contribution in [0.3, 0.4) is 0 Å². The molecule has 0 spiro atoms. The van der Waals surface area contributed by atoms with Gasteiger partial charge in [0.15, 0.2) is 0 Å². The van der Waals surface area contributed by atoms with Crippen LogP contribution in [0.15, 0.2) is 42.5 Å². The van der Waals surface area contributed by atoms with Gasteiger partial charge in [-0.3, -0.25) is 0 Å². The van der Waals surface area contributed by atoms with E-state index in [1.165, 1.54) is 101 Å². The first-order chi connectivity index (χ1) is 16.1. The summed E-state index contributed by atoms with van der Waals surface area (Å²) < 4.78 is 0. The van der Waals surface area contributed by atoms with Gasteiger partial charge in [0.1, 0.15) is 11.5 Å². The molecule has 186 valence electrons. The van der Waals surface area contributed by atoms with Crippen LogP contribution in [0.1, 0.15) is 120 Å². The highest BCUT2D eigenvalue weighted by molar-refractivity contribution is 5.35. The van der Waals surface area contributed by atoms with Gasteiger partial charge in [0, 0.05) is 0 Å². The van der Waals surface area contributed by atoms with Gasteiger partial charge in [0.2, 0.25) is 0 Å². The first kappa shape index (κ1) is 29.1. The largest absolute Gasteiger partial charge is 0.508 e. The van der Waals surface area contributed by atoms with Gasteiger partial charge in [0.05, 0.1) is 0 Å². The summed E-state index contributed by atoms with van der Waals surface area (Å²) in [5.74, 6) is 0.825. The molecular weight excluding hydrogens is 404 g/mol. The van der Waals surface area contributed by atoms with Crippen molar-refractivity contribution in [1.82, 2.24) is 0 Å².